The molecule has 5 rings (SSSR count). The molecule has 2 N–H and O–H groups in total. The molecule has 3 saturated heterocycles. The number of likely N-dealkylation sites (tertiary alicyclic amines) is 2. The van der Waals surface area contributed by atoms with Gasteiger partial charge in [0.25, 0.3) is 0 Å². The maximum Gasteiger partial charge on any atom is 0.0600 e. The standard InChI is InChI=1S/C24H43N3O2/c1-26-21-13-18(29-2)7-8-19(21)22-23(26)20(15-28)25-16-24(22)9-11-27(12-10-24)14-17-5-3-4-6-17/h17-23,25,28H,3-16H2,1-2H3/t18?,19?,20-,21?,22?,23?/m0/s1. The predicted molar refractivity (Wildman–Crippen MR) is 116 cm³/mol. The van der Waals surface area contributed by atoms with E-state index in [1.165, 1.54) is 77.4 Å². The molecule has 5 unspecified atom stereocenters. The number of aliphatic hydroxyl groups is 1. The molecule has 3 aliphatic heterocycles. The summed E-state index contributed by atoms with van der Waals surface area (Å²) >= 11 is 0. The Bertz CT molecular complexity index is 558. The van der Waals surface area contributed by atoms with Gasteiger partial charge in [0, 0.05) is 38.3 Å². The highest BCUT2D eigenvalue weighted by molar-refractivity contribution is 5.15. The van der Waals surface area contributed by atoms with Gasteiger partial charge in [-0.15, -0.1) is 0 Å². The van der Waals surface area contributed by atoms with Gasteiger partial charge in [0.1, 0.15) is 0 Å². The highest BCUT2D eigenvalue weighted by atomic mass is 16.5. The van der Waals surface area contributed by atoms with Crippen molar-refractivity contribution in [1.82, 2.24) is 15.1 Å². The van der Waals surface area contributed by atoms with Crippen LogP contribution in [-0.2, 0) is 4.74 Å². The highest BCUT2D eigenvalue weighted by Crippen LogP contribution is 2.56. The molecule has 0 aromatic rings. The molecule has 166 valence electrons. The van der Waals surface area contributed by atoms with Crippen LogP contribution >= 0.6 is 0 Å². The summed E-state index contributed by atoms with van der Waals surface area (Å²) in [5.74, 6) is 2.49. The Morgan fingerprint density at radius 1 is 1.10 bits per heavy atom. The number of ether oxygens (including phenoxy) is 1. The van der Waals surface area contributed by atoms with Crippen molar-refractivity contribution in [2.24, 2.45) is 23.2 Å². The molecule has 2 saturated carbocycles. The normalized spacial score (nSPS) is 43.6. The minimum absolute atomic E-state index is 0.235. The Morgan fingerprint density at radius 3 is 2.55 bits per heavy atom. The molecule has 0 radical (unpaired) electrons. The molecule has 6 atom stereocenters. The quantitative estimate of drug-likeness (QED) is 0.752. The van der Waals surface area contributed by atoms with Crippen LogP contribution in [0, 0.1) is 23.2 Å². The first-order chi connectivity index (χ1) is 14.1. The second-order valence-electron chi connectivity index (χ2n) is 11.1. The zero-order valence-corrected chi connectivity index (χ0v) is 18.7. The first kappa shape index (κ1) is 20.7. The van der Waals surface area contributed by atoms with Gasteiger partial charge in [-0.3, -0.25) is 4.90 Å². The van der Waals surface area contributed by atoms with Gasteiger partial charge in [-0.1, -0.05) is 12.8 Å². The van der Waals surface area contributed by atoms with E-state index in [1.54, 1.807) is 0 Å². The van der Waals surface area contributed by atoms with Gasteiger partial charge in [-0.05, 0) is 88.3 Å². The summed E-state index contributed by atoms with van der Waals surface area (Å²) in [6.07, 6.45) is 12.6. The summed E-state index contributed by atoms with van der Waals surface area (Å²) in [4.78, 5) is 5.44. The number of rotatable bonds is 4. The van der Waals surface area contributed by atoms with Gasteiger partial charge in [0.05, 0.1) is 12.7 Å². The number of nitrogens with zero attached hydrogens (tertiary/aromatic N) is 2. The number of likely N-dealkylation sites (N-methyl/N-ethyl adjacent to an activating group) is 1. The third-order valence-electron chi connectivity index (χ3n) is 9.85. The van der Waals surface area contributed by atoms with Crippen molar-refractivity contribution in [3.63, 3.8) is 0 Å². The number of hydrogen-bond acceptors (Lipinski definition) is 5. The molecule has 5 nitrogen and oxygen atoms in total. The monoisotopic (exact) mass is 405 g/mol. The SMILES string of the molecule is COC1CCC2C(C1)N(C)C1C2C2(CCN(CC3CCCC3)CC2)CN[C@H]1CO. The Morgan fingerprint density at radius 2 is 1.86 bits per heavy atom. The largest absolute Gasteiger partial charge is 0.395 e. The van der Waals surface area contributed by atoms with Crippen molar-refractivity contribution in [2.75, 3.05) is 46.9 Å². The minimum Gasteiger partial charge on any atom is -0.395 e. The number of aliphatic hydroxyl groups excluding tert-OH is 1. The van der Waals surface area contributed by atoms with Crippen molar-refractivity contribution < 1.29 is 9.84 Å². The van der Waals surface area contributed by atoms with Crippen molar-refractivity contribution in [2.45, 2.75) is 82.0 Å². The van der Waals surface area contributed by atoms with Crippen molar-refractivity contribution in [1.29, 1.82) is 0 Å². The lowest BCUT2D eigenvalue weighted by molar-refractivity contribution is -0.0374. The molecule has 1 spiro atoms. The third kappa shape index (κ3) is 3.59. The first-order valence-electron chi connectivity index (χ1n) is 12.5. The van der Waals surface area contributed by atoms with E-state index in [1.807, 2.05) is 7.11 Å². The Labute approximate surface area is 177 Å². The molecule has 0 aromatic heterocycles. The van der Waals surface area contributed by atoms with E-state index in [-0.39, 0.29) is 12.6 Å². The number of fused-ring (bicyclic) bond motifs is 4. The maximum absolute atomic E-state index is 10.2. The second-order valence-corrected chi connectivity index (χ2v) is 11.1. The van der Waals surface area contributed by atoms with E-state index < -0.39 is 0 Å². The average molecular weight is 406 g/mol. The first-order valence-corrected chi connectivity index (χ1v) is 12.5. The number of methoxy groups -OCH3 is 1. The molecule has 5 fully saturated rings. The third-order valence-corrected chi connectivity index (χ3v) is 9.85. The Kier molecular flexibility index (Phi) is 5.98. The lowest BCUT2D eigenvalue weighted by Gasteiger charge is -2.55. The molecule has 0 amide bonds. The van der Waals surface area contributed by atoms with Crippen LogP contribution in [0.1, 0.15) is 57.8 Å². The summed E-state index contributed by atoms with van der Waals surface area (Å²) < 4.78 is 5.77. The zero-order valence-electron chi connectivity index (χ0n) is 18.7. The molecule has 2 aliphatic carbocycles. The number of nitrogens with one attached hydrogen (secondary N) is 1. The Balaban J connectivity index is 1.33. The van der Waals surface area contributed by atoms with Crippen LogP contribution in [0.15, 0.2) is 0 Å². The van der Waals surface area contributed by atoms with Gasteiger partial charge in [-0.25, -0.2) is 0 Å². The van der Waals surface area contributed by atoms with Crippen LogP contribution in [-0.4, -0.2) is 86.1 Å². The van der Waals surface area contributed by atoms with Crippen molar-refractivity contribution in [3.8, 4) is 0 Å². The van der Waals surface area contributed by atoms with Gasteiger partial charge in [0.2, 0.25) is 0 Å². The fraction of sp³-hybridized carbons (Fsp3) is 1.00. The van der Waals surface area contributed by atoms with E-state index in [0.717, 1.165) is 24.3 Å². The van der Waals surface area contributed by atoms with E-state index in [9.17, 15) is 5.11 Å². The fourth-order valence-corrected chi connectivity index (χ4v) is 8.31. The number of piperidine rings is 2. The predicted octanol–water partition coefficient (Wildman–Crippen LogP) is 2.34. The lowest BCUT2D eigenvalue weighted by atomic mass is 9.57. The smallest absolute Gasteiger partial charge is 0.0600 e. The number of hydrogen-bond donors (Lipinski definition) is 2. The summed E-state index contributed by atoms with van der Waals surface area (Å²) in [6.45, 7) is 5.29. The van der Waals surface area contributed by atoms with Crippen LogP contribution in [0.2, 0.25) is 0 Å². The van der Waals surface area contributed by atoms with E-state index in [4.69, 9.17) is 4.74 Å². The maximum atomic E-state index is 10.2. The average Bonchev–Trinajstić information content (AvgIpc) is 3.37. The van der Waals surface area contributed by atoms with Crippen LogP contribution in [0.5, 0.6) is 0 Å². The van der Waals surface area contributed by atoms with E-state index in [2.05, 4.69) is 22.2 Å². The second kappa shape index (κ2) is 8.38. The fourth-order valence-electron chi connectivity index (χ4n) is 8.31. The van der Waals surface area contributed by atoms with Crippen LogP contribution in [0.4, 0.5) is 0 Å². The summed E-state index contributed by atoms with van der Waals surface area (Å²) in [7, 11) is 4.21. The topological polar surface area (TPSA) is 48.0 Å². The Hall–Kier alpha value is -0.200. The van der Waals surface area contributed by atoms with E-state index >= 15 is 0 Å². The van der Waals surface area contributed by atoms with Gasteiger partial charge in [-0.2, -0.15) is 0 Å². The zero-order chi connectivity index (χ0) is 20.0. The summed E-state index contributed by atoms with van der Waals surface area (Å²) in [5.41, 5.74) is 0.427. The molecule has 0 aromatic carbocycles. The molecular formula is C24H43N3O2. The summed E-state index contributed by atoms with van der Waals surface area (Å²) in [5, 5.41) is 14.0. The molecule has 5 heteroatoms. The van der Waals surface area contributed by atoms with Crippen LogP contribution in [0.3, 0.4) is 0 Å². The molecule has 0 bridgehead atoms. The van der Waals surface area contributed by atoms with Gasteiger partial charge < -0.3 is 20.1 Å². The van der Waals surface area contributed by atoms with Crippen molar-refractivity contribution in [3.05, 3.63) is 0 Å². The summed E-state index contributed by atoms with van der Waals surface area (Å²) in [6, 6.07) is 1.35. The lowest BCUT2D eigenvalue weighted by Crippen LogP contribution is -2.65. The molecule has 5 aliphatic rings. The molecular weight excluding hydrogens is 362 g/mol. The van der Waals surface area contributed by atoms with Crippen molar-refractivity contribution >= 4 is 0 Å². The van der Waals surface area contributed by atoms with Crippen LogP contribution < -0.4 is 5.32 Å². The van der Waals surface area contributed by atoms with E-state index in [0.29, 0.717) is 23.6 Å². The molecule has 29 heavy (non-hydrogen) atoms. The highest BCUT2D eigenvalue weighted by Gasteiger charge is 2.61. The van der Waals surface area contributed by atoms with Gasteiger partial charge >= 0.3 is 0 Å². The van der Waals surface area contributed by atoms with Gasteiger partial charge in [0.15, 0.2) is 0 Å². The van der Waals surface area contributed by atoms with Crippen LogP contribution in [0.25, 0.3) is 0 Å². The molecule has 3 heterocycles. The minimum atomic E-state index is 0.235.